The summed E-state index contributed by atoms with van der Waals surface area (Å²) < 4.78 is 42.4. The van der Waals surface area contributed by atoms with Gasteiger partial charge in [0.15, 0.2) is 11.5 Å². The molecule has 1 N–H and O–H groups in total. The van der Waals surface area contributed by atoms with Gasteiger partial charge in [0, 0.05) is 25.0 Å². The van der Waals surface area contributed by atoms with E-state index in [9.17, 15) is 28.4 Å². The van der Waals surface area contributed by atoms with Crippen LogP contribution in [0.5, 0.6) is 5.75 Å². The van der Waals surface area contributed by atoms with E-state index in [1.807, 2.05) is 0 Å². The van der Waals surface area contributed by atoms with Crippen molar-refractivity contribution in [3.8, 4) is 5.75 Å². The second-order valence-corrected chi connectivity index (χ2v) is 4.31. The van der Waals surface area contributed by atoms with Crippen molar-refractivity contribution in [3.05, 3.63) is 50.9 Å². The van der Waals surface area contributed by atoms with E-state index in [-0.39, 0.29) is 29.2 Å². The summed E-state index contributed by atoms with van der Waals surface area (Å²) in [6, 6.07) is 2.19. The molecule has 9 heteroatoms. The maximum absolute atomic E-state index is 12.6. The van der Waals surface area contributed by atoms with Crippen LogP contribution in [0.3, 0.4) is 0 Å². The van der Waals surface area contributed by atoms with Crippen LogP contribution in [0, 0.1) is 17.0 Å². The van der Waals surface area contributed by atoms with Gasteiger partial charge in [-0.15, -0.1) is 0 Å². The number of halogens is 3. The Morgan fingerprint density at radius 1 is 1.43 bits per heavy atom. The molecular formula is C12H9F3N2O4. The van der Waals surface area contributed by atoms with Crippen LogP contribution in [-0.2, 0) is 12.6 Å². The number of aromatic nitrogens is 1. The number of nitrogens with zero attached hydrogens (tertiary/aromatic N) is 2. The first-order chi connectivity index (χ1) is 9.70. The maximum Gasteiger partial charge on any atom is 0.416 e. The number of nitro benzene ring substituents is 1. The predicted octanol–water partition coefficient (Wildman–Crippen LogP) is 3.21. The monoisotopic (exact) mass is 302 g/mol. The van der Waals surface area contributed by atoms with Crippen molar-refractivity contribution in [1.82, 2.24) is 5.16 Å². The molecule has 2 aromatic rings. The molecule has 1 aromatic carbocycles. The Labute approximate surface area is 115 Å². The number of alkyl halides is 3. The Balaban J connectivity index is 2.44. The minimum absolute atomic E-state index is 0.00315. The molecule has 0 saturated heterocycles. The van der Waals surface area contributed by atoms with Crippen molar-refractivity contribution < 1.29 is 27.7 Å². The molecule has 112 valence electrons. The van der Waals surface area contributed by atoms with Crippen LogP contribution in [0.1, 0.15) is 22.6 Å². The fourth-order valence-electron chi connectivity index (χ4n) is 1.77. The Hall–Kier alpha value is -2.58. The third kappa shape index (κ3) is 2.96. The van der Waals surface area contributed by atoms with E-state index in [1.165, 1.54) is 6.92 Å². The van der Waals surface area contributed by atoms with Gasteiger partial charge in [0.2, 0.25) is 0 Å². The molecule has 0 unspecified atom stereocenters. The average molecular weight is 302 g/mol. The van der Waals surface area contributed by atoms with Gasteiger partial charge in [-0.25, -0.2) is 0 Å². The van der Waals surface area contributed by atoms with Gasteiger partial charge in [-0.3, -0.25) is 10.1 Å². The molecule has 0 saturated carbocycles. The number of hydrogen-bond acceptors (Lipinski definition) is 5. The predicted molar refractivity (Wildman–Crippen MR) is 63.8 cm³/mol. The molecule has 1 aromatic heterocycles. The SMILES string of the molecule is Cc1onc(Cc2ccc(C(F)(F)F)cc2[N+](=O)[O-])c1O. The summed E-state index contributed by atoms with van der Waals surface area (Å²) in [6.07, 6.45) is -4.88. The van der Waals surface area contributed by atoms with Crippen molar-refractivity contribution in [1.29, 1.82) is 0 Å². The highest BCUT2D eigenvalue weighted by molar-refractivity contribution is 5.47. The molecule has 0 aliphatic carbocycles. The summed E-state index contributed by atoms with van der Waals surface area (Å²) in [5, 5.41) is 24.0. The first-order valence-electron chi connectivity index (χ1n) is 5.68. The Bertz CT molecular complexity index is 694. The highest BCUT2D eigenvalue weighted by Crippen LogP contribution is 2.34. The molecule has 1 heterocycles. The first-order valence-corrected chi connectivity index (χ1v) is 5.68. The third-order valence-corrected chi connectivity index (χ3v) is 2.87. The van der Waals surface area contributed by atoms with Gasteiger partial charge in [-0.1, -0.05) is 11.2 Å². The summed E-state index contributed by atoms with van der Waals surface area (Å²) in [4.78, 5) is 10.0. The summed E-state index contributed by atoms with van der Waals surface area (Å²) in [6.45, 7) is 1.44. The molecule has 0 spiro atoms. The van der Waals surface area contributed by atoms with Gasteiger partial charge >= 0.3 is 6.18 Å². The Morgan fingerprint density at radius 3 is 2.57 bits per heavy atom. The van der Waals surface area contributed by atoms with Crippen LogP contribution in [0.25, 0.3) is 0 Å². The lowest BCUT2D eigenvalue weighted by atomic mass is 10.0. The molecule has 0 amide bonds. The van der Waals surface area contributed by atoms with Crippen LogP contribution in [0.2, 0.25) is 0 Å². The molecule has 0 aliphatic heterocycles. The quantitative estimate of drug-likeness (QED) is 0.694. The second-order valence-electron chi connectivity index (χ2n) is 4.31. The van der Waals surface area contributed by atoms with Crippen LogP contribution in [-0.4, -0.2) is 15.2 Å². The van der Waals surface area contributed by atoms with Crippen molar-refractivity contribution in [2.75, 3.05) is 0 Å². The molecule has 21 heavy (non-hydrogen) atoms. The highest BCUT2D eigenvalue weighted by Gasteiger charge is 2.33. The summed E-state index contributed by atoms with van der Waals surface area (Å²) in [5.41, 5.74) is -1.78. The van der Waals surface area contributed by atoms with Gasteiger partial charge in [-0.05, 0) is 6.07 Å². The average Bonchev–Trinajstić information content (AvgIpc) is 2.69. The zero-order valence-electron chi connectivity index (χ0n) is 10.6. The number of aryl methyl sites for hydroxylation is 1. The Morgan fingerprint density at radius 2 is 2.10 bits per heavy atom. The first kappa shape index (κ1) is 14.8. The number of aromatic hydroxyl groups is 1. The normalized spacial score (nSPS) is 11.6. The van der Waals surface area contributed by atoms with Crippen LogP contribution >= 0.6 is 0 Å². The highest BCUT2D eigenvalue weighted by atomic mass is 19.4. The van der Waals surface area contributed by atoms with E-state index in [1.54, 1.807) is 0 Å². The van der Waals surface area contributed by atoms with Gasteiger partial charge in [0.25, 0.3) is 5.69 Å². The van der Waals surface area contributed by atoms with E-state index >= 15 is 0 Å². The standard InChI is InChI=1S/C12H9F3N2O4/c1-6-11(18)9(16-21-6)4-7-2-3-8(12(13,14)15)5-10(7)17(19)20/h2-3,5,18H,4H2,1H3. The van der Waals surface area contributed by atoms with Crippen molar-refractivity contribution in [2.45, 2.75) is 19.5 Å². The van der Waals surface area contributed by atoms with Gasteiger partial charge in [0.05, 0.1) is 10.5 Å². The molecule has 0 aliphatic rings. The van der Waals surface area contributed by atoms with Gasteiger partial charge < -0.3 is 9.63 Å². The van der Waals surface area contributed by atoms with E-state index in [0.717, 1.165) is 12.1 Å². The minimum Gasteiger partial charge on any atom is -0.503 e. The van der Waals surface area contributed by atoms with Crippen molar-refractivity contribution in [2.24, 2.45) is 0 Å². The molecule has 2 rings (SSSR count). The van der Waals surface area contributed by atoms with Crippen LogP contribution in [0.15, 0.2) is 22.7 Å². The van der Waals surface area contributed by atoms with Crippen LogP contribution < -0.4 is 0 Å². The Kier molecular flexibility index (Phi) is 3.58. The van der Waals surface area contributed by atoms with Crippen molar-refractivity contribution >= 4 is 5.69 Å². The largest absolute Gasteiger partial charge is 0.503 e. The molecule has 0 radical (unpaired) electrons. The fraction of sp³-hybridized carbons (Fsp3) is 0.250. The smallest absolute Gasteiger partial charge is 0.416 e. The third-order valence-electron chi connectivity index (χ3n) is 2.87. The summed E-state index contributed by atoms with van der Waals surface area (Å²) in [7, 11) is 0. The second kappa shape index (κ2) is 5.08. The lowest BCUT2D eigenvalue weighted by molar-refractivity contribution is -0.385. The zero-order valence-corrected chi connectivity index (χ0v) is 10.6. The zero-order chi connectivity index (χ0) is 15.8. The molecular weight excluding hydrogens is 293 g/mol. The van der Waals surface area contributed by atoms with E-state index in [0.29, 0.717) is 6.07 Å². The van der Waals surface area contributed by atoms with Crippen molar-refractivity contribution in [3.63, 3.8) is 0 Å². The van der Waals surface area contributed by atoms with Gasteiger partial charge in [0.1, 0.15) is 5.69 Å². The molecule has 0 bridgehead atoms. The van der Waals surface area contributed by atoms with E-state index < -0.39 is 22.4 Å². The maximum atomic E-state index is 12.6. The number of hydrogen-bond donors (Lipinski definition) is 1. The summed E-state index contributed by atoms with van der Waals surface area (Å²) in [5.74, 6) is -0.149. The summed E-state index contributed by atoms with van der Waals surface area (Å²) >= 11 is 0. The molecule has 0 fully saturated rings. The number of benzene rings is 1. The van der Waals surface area contributed by atoms with E-state index in [2.05, 4.69) is 5.16 Å². The molecule has 6 nitrogen and oxygen atoms in total. The topological polar surface area (TPSA) is 89.4 Å². The number of rotatable bonds is 3. The molecule has 0 atom stereocenters. The lowest BCUT2D eigenvalue weighted by Crippen LogP contribution is -2.07. The fourth-order valence-corrected chi connectivity index (χ4v) is 1.77. The minimum atomic E-state index is -4.67. The lowest BCUT2D eigenvalue weighted by Gasteiger charge is -2.08. The van der Waals surface area contributed by atoms with Crippen LogP contribution in [0.4, 0.5) is 18.9 Å². The van der Waals surface area contributed by atoms with Gasteiger partial charge in [-0.2, -0.15) is 13.2 Å². The number of nitro groups is 1. The van der Waals surface area contributed by atoms with E-state index in [4.69, 9.17) is 4.52 Å².